The molecule has 1 saturated carbocycles. The minimum atomic E-state index is -4.46. The quantitative estimate of drug-likeness (QED) is 0.464. The Kier molecular flexibility index (Phi) is 8.91. The number of nitrogens with zero attached hydrogens (tertiary/aromatic N) is 1. The van der Waals surface area contributed by atoms with Crippen LogP contribution in [0.5, 0.6) is 0 Å². The van der Waals surface area contributed by atoms with Gasteiger partial charge in [0.25, 0.3) is 0 Å². The summed E-state index contributed by atoms with van der Waals surface area (Å²) >= 11 is 0. The highest BCUT2D eigenvalue weighted by atomic mass is 32.2. The molecule has 0 bridgehead atoms. The van der Waals surface area contributed by atoms with Gasteiger partial charge in [-0.3, -0.25) is 10.1 Å². The maximum absolute atomic E-state index is 12.8. The molecule has 1 aliphatic heterocycles. The van der Waals surface area contributed by atoms with Gasteiger partial charge in [0.2, 0.25) is 11.8 Å². The van der Waals surface area contributed by atoms with Crippen LogP contribution >= 0.6 is 0 Å². The number of hydrogen-bond acceptors (Lipinski definition) is 7. The Labute approximate surface area is 204 Å². The number of carbonyl (C=O) groups is 1. The second kappa shape index (κ2) is 11.2. The summed E-state index contributed by atoms with van der Waals surface area (Å²) in [5, 5.41) is 6.61. The molecule has 1 atom stereocenters. The molecule has 1 aromatic heterocycles. The molecule has 0 radical (unpaired) electrons. The molecule has 1 unspecified atom stereocenters. The van der Waals surface area contributed by atoms with Crippen molar-refractivity contribution in [3.63, 3.8) is 0 Å². The van der Waals surface area contributed by atoms with Gasteiger partial charge in [-0.25, -0.2) is 8.42 Å². The number of carbonyl (C=O) groups excluding carboxylic acids is 1. The Balaban J connectivity index is 1.67. The van der Waals surface area contributed by atoms with E-state index in [1.54, 1.807) is 6.07 Å². The SMILES string of the molecule is CC(C)(C(=O)Nc1cc(C2(COC3CCCCO3)CCCCC2)no1)S(=O)(=O)CCCC(F)(F)F. The second-order valence-electron chi connectivity index (χ2n) is 10.0. The maximum Gasteiger partial charge on any atom is 0.389 e. The zero-order valence-corrected chi connectivity index (χ0v) is 21.1. The van der Waals surface area contributed by atoms with Gasteiger partial charge in [-0.05, 0) is 52.4 Å². The molecule has 12 heteroatoms. The summed E-state index contributed by atoms with van der Waals surface area (Å²) in [6.07, 6.45) is 1.10. The van der Waals surface area contributed by atoms with Crippen molar-refractivity contribution in [2.45, 2.75) is 101 Å². The Morgan fingerprint density at radius 3 is 2.54 bits per heavy atom. The highest BCUT2D eigenvalue weighted by Crippen LogP contribution is 2.40. The van der Waals surface area contributed by atoms with Gasteiger partial charge in [-0.1, -0.05) is 24.4 Å². The van der Waals surface area contributed by atoms with E-state index in [0.717, 1.165) is 51.4 Å². The molecule has 1 aromatic rings. The van der Waals surface area contributed by atoms with Crippen LogP contribution in [0.4, 0.5) is 19.1 Å². The number of halogens is 3. The average molecular weight is 525 g/mol. The van der Waals surface area contributed by atoms with E-state index in [0.29, 0.717) is 18.9 Å². The van der Waals surface area contributed by atoms with E-state index in [1.165, 1.54) is 13.8 Å². The molecule has 200 valence electrons. The zero-order chi connectivity index (χ0) is 25.7. The molecule has 1 N–H and O–H groups in total. The van der Waals surface area contributed by atoms with Gasteiger partial charge in [0, 0.05) is 24.5 Å². The van der Waals surface area contributed by atoms with Crippen LogP contribution in [0.15, 0.2) is 10.6 Å². The number of sulfone groups is 1. The van der Waals surface area contributed by atoms with Crippen molar-refractivity contribution in [2.24, 2.45) is 0 Å². The number of rotatable bonds is 10. The topological polar surface area (TPSA) is 108 Å². The molecular weight excluding hydrogens is 489 g/mol. The van der Waals surface area contributed by atoms with Crippen LogP contribution in [0, 0.1) is 0 Å². The fraction of sp³-hybridized carbons (Fsp3) is 0.826. The predicted molar refractivity (Wildman–Crippen MR) is 123 cm³/mol. The summed E-state index contributed by atoms with van der Waals surface area (Å²) in [5.74, 6) is -1.66. The zero-order valence-electron chi connectivity index (χ0n) is 20.3. The smallest absolute Gasteiger partial charge is 0.353 e. The van der Waals surface area contributed by atoms with Crippen molar-refractivity contribution < 1.29 is 40.4 Å². The van der Waals surface area contributed by atoms with Crippen LogP contribution in [-0.2, 0) is 29.5 Å². The van der Waals surface area contributed by atoms with Gasteiger partial charge in [-0.15, -0.1) is 0 Å². The third-order valence-electron chi connectivity index (χ3n) is 6.98. The van der Waals surface area contributed by atoms with E-state index in [4.69, 9.17) is 14.0 Å². The monoisotopic (exact) mass is 524 g/mol. The van der Waals surface area contributed by atoms with Crippen molar-refractivity contribution in [3.05, 3.63) is 11.8 Å². The summed E-state index contributed by atoms with van der Waals surface area (Å²) < 4.78 is 77.6. The summed E-state index contributed by atoms with van der Waals surface area (Å²) in [6, 6.07) is 1.58. The second-order valence-corrected chi connectivity index (χ2v) is 12.7. The predicted octanol–water partition coefficient (Wildman–Crippen LogP) is 4.89. The molecule has 8 nitrogen and oxygen atoms in total. The molecule has 2 heterocycles. The van der Waals surface area contributed by atoms with Crippen molar-refractivity contribution in [2.75, 3.05) is 24.3 Å². The molecule has 0 spiro atoms. The normalized spacial score (nSPS) is 21.6. The molecular formula is C23H35F3N2O6S. The van der Waals surface area contributed by atoms with Gasteiger partial charge >= 0.3 is 6.18 Å². The van der Waals surface area contributed by atoms with Gasteiger partial charge in [-0.2, -0.15) is 13.2 Å². The van der Waals surface area contributed by atoms with Crippen LogP contribution < -0.4 is 5.32 Å². The molecule has 2 aliphatic rings. The molecule has 35 heavy (non-hydrogen) atoms. The Hall–Kier alpha value is -1.66. The fourth-order valence-corrected chi connectivity index (χ4v) is 5.87. The number of alkyl halides is 3. The average Bonchev–Trinajstić information content (AvgIpc) is 3.27. The molecule has 0 aromatic carbocycles. The van der Waals surface area contributed by atoms with E-state index in [2.05, 4.69) is 10.5 Å². The van der Waals surface area contributed by atoms with Gasteiger partial charge < -0.3 is 14.0 Å². The number of aromatic nitrogens is 1. The van der Waals surface area contributed by atoms with Crippen LogP contribution in [0.1, 0.15) is 83.7 Å². The number of amides is 1. The number of hydrogen-bond donors (Lipinski definition) is 1. The summed E-state index contributed by atoms with van der Waals surface area (Å²) in [5.41, 5.74) is 0.221. The first-order chi connectivity index (χ1) is 16.3. The lowest BCUT2D eigenvalue weighted by atomic mass is 9.72. The van der Waals surface area contributed by atoms with Gasteiger partial charge in [0.05, 0.1) is 18.1 Å². The van der Waals surface area contributed by atoms with E-state index in [1.807, 2.05) is 0 Å². The number of anilines is 1. The first-order valence-corrected chi connectivity index (χ1v) is 13.8. The first-order valence-electron chi connectivity index (χ1n) is 12.2. The minimum Gasteiger partial charge on any atom is -0.353 e. The fourth-order valence-electron chi connectivity index (χ4n) is 4.50. The van der Waals surface area contributed by atoms with Crippen molar-refractivity contribution >= 4 is 21.6 Å². The molecule has 2 fully saturated rings. The van der Waals surface area contributed by atoms with Crippen LogP contribution in [-0.4, -0.2) is 55.7 Å². The third-order valence-corrected chi connectivity index (χ3v) is 9.55. The van der Waals surface area contributed by atoms with Crippen molar-refractivity contribution in [1.29, 1.82) is 0 Å². The molecule has 1 amide bonds. The van der Waals surface area contributed by atoms with Gasteiger partial charge in [0.15, 0.2) is 16.1 Å². The third kappa shape index (κ3) is 7.19. The summed E-state index contributed by atoms with van der Waals surface area (Å²) in [7, 11) is -4.16. The molecule has 1 aliphatic carbocycles. The highest BCUT2D eigenvalue weighted by Gasteiger charge is 2.43. The lowest BCUT2D eigenvalue weighted by molar-refractivity contribution is -0.174. The van der Waals surface area contributed by atoms with Crippen LogP contribution in [0.3, 0.4) is 0 Å². The van der Waals surface area contributed by atoms with Crippen LogP contribution in [0.25, 0.3) is 0 Å². The Morgan fingerprint density at radius 2 is 1.91 bits per heavy atom. The minimum absolute atomic E-state index is 0.0116. The van der Waals surface area contributed by atoms with Crippen molar-refractivity contribution in [3.8, 4) is 0 Å². The Bertz CT molecular complexity index is 949. The first kappa shape index (κ1) is 27.9. The number of ether oxygens (including phenoxy) is 2. The standard InChI is InChI=1S/C23H35F3N2O6S/c1-21(2,35(30,31)14-8-12-23(24,25)26)20(29)27-18-15-17(28-34-18)22(10-5-3-6-11-22)16-33-19-9-4-7-13-32-19/h15,19H,3-14,16H2,1-2H3,(H,27,29). The Morgan fingerprint density at radius 1 is 1.20 bits per heavy atom. The summed E-state index contributed by atoms with van der Waals surface area (Å²) in [4.78, 5) is 12.8. The van der Waals surface area contributed by atoms with E-state index in [9.17, 15) is 26.4 Å². The van der Waals surface area contributed by atoms with E-state index >= 15 is 0 Å². The van der Waals surface area contributed by atoms with E-state index < -0.39 is 50.7 Å². The maximum atomic E-state index is 12.8. The molecule has 3 rings (SSSR count). The van der Waals surface area contributed by atoms with Crippen molar-refractivity contribution in [1.82, 2.24) is 5.16 Å². The molecule has 1 saturated heterocycles. The number of nitrogens with one attached hydrogen (secondary N) is 1. The lowest BCUT2D eigenvalue weighted by Gasteiger charge is -2.36. The lowest BCUT2D eigenvalue weighted by Crippen LogP contribution is -2.45. The van der Waals surface area contributed by atoms with Crippen LogP contribution in [0.2, 0.25) is 0 Å². The van der Waals surface area contributed by atoms with E-state index in [-0.39, 0.29) is 12.2 Å². The highest BCUT2D eigenvalue weighted by molar-refractivity contribution is 7.93. The summed E-state index contributed by atoms with van der Waals surface area (Å²) in [6.45, 7) is 3.41. The van der Waals surface area contributed by atoms with Gasteiger partial charge in [0.1, 0.15) is 4.75 Å². The largest absolute Gasteiger partial charge is 0.389 e.